The molecule has 0 bridgehead atoms. The van der Waals surface area contributed by atoms with Gasteiger partial charge in [0, 0.05) is 25.3 Å². The number of hydrogen-bond donors (Lipinski definition) is 1. The molecule has 0 atom stereocenters. The number of ether oxygens (including phenoxy) is 1. The lowest BCUT2D eigenvalue weighted by Crippen LogP contribution is -2.23. The maximum atomic E-state index is 12.0. The SMILES string of the molecule is CC(=O)N(C)c1cccc(NC(=O)COc2ccc(C)c(C)c2)c1. The number of aryl methyl sites for hydroxylation is 2. The van der Waals surface area contributed by atoms with Crippen molar-refractivity contribution < 1.29 is 14.3 Å². The molecule has 0 spiro atoms. The van der Waals surface area contributed by atoms with E-state index in [2.05, 4.69) is 5.32 Å². The highest BCUT2D eigenvalue weighted by atomic mass is 16.5. The zero-order chi connectivity index (χ0) is 17.7. The Bertz CT molecular complexity index is 756. The van der Waals surface area contributed by atoms with E-state index in [1.807, 2.05) is 38.1 Å². The van der Waals surface area contributed by atoms with Crippen molar-refractivity contribution in [3.05, 3.63) is 53.6 Å². The Hall–Kier alpha value is -2.82. The molecule has 0 fully saturated rings. The van der Waals surface area contributed by atoms with Crippen LogP contribution in [-0.2, 0) is 9.59 Å². The summed E-state index contributed by atoms with van der Waals surface area (Å²) in [6.45, 7) is 5.44. The highest BCUT2D eigenvalue weighted by Crippen LogP contribution is 2.19. The van der Waals surface area contributed by atoms with Gasteiger partial charge in [-0.1, -0.05) is 12.1 Å². The van der Waals surface area contributed by atoms with Gasteiger partial charge in [0.25, 0.3) is 5.91 Å². The fourth-order valence-corrected chi connectivity index (χ4v) is 2.12. The van der Waals surface area contributed by atoms with Crippen molar-refractivity contribution in [3.8, 4) is 5.75 Å². The fraction of sp³-hybridized carbons (Fsp3) is 0.263. The number of nitrogens with zero attached hydrogens (tertiary/aromatic N) is 1. The molecule has 0 heterocycles. The van der Waals surface area contributed by atoms with E-state index in [1.165, 1.54) is 17.4 Å². The summed E-state index contributed by atoms with van der Waals surface area (Å²) in [5, 5.41) is 2.77. The zero-order valence-electron chi connectivity index (χ0n) is 14.4. The minimum Gasteiger partial charge on any atom is -0.484 e. The van der Waals surface area contributed by atoms with Gasteiger partial charge in [-0.25, -0.2) is 0 Å². The zero-order valence-corrected chi connectivity index (χ0v) is 14.4. The second kappa shape index (κ2) is 7.64. The number of hydrogen-bond acceptors (Lipinski definition) is 3. The first-order chi connectivity index (χ1) is 11.4. The van der Waals surface area contributed by atoms with Crippen LogP contribution in [0.1, 0.15) is 18.1 Å². The highest BCUT2D eigenvalue weighted by Gasteiger charge is 2.08. The maximum absolute atomic E-state index is 12.0. The smallest absolute Gasteiger partial charge is 0.262 e. The van der Waals surface area contributed by atoms with E-state index in [0.717, 1.165) is 11.3 Å². The molecule has 24 heavy (non-hydrogen) atoms. The third-order valence-electron chi connectivity index (χ3n) is 3.84. The van der Waals surface area contributed by atoms with Crippen molar-refractivity contribution in [1.29, 1.82) is 0 Å². The third-order valence-corrected chi connectivity index (χ3v) is 3.84. The van der Waals surface area contributed by atoms with Crippen molar-refractivity contribution in [1.82, 2.24) is 0 Å². The van der Waals surface area contributed by atoms with Crippen LogP contribution in [0, 0.1) is 13.8 Å². The summed E-state index contributed by atoms with van der Waals surface area (Å²) in [7, 11) is 1.69. The molecule has 0 saturated heterocycles. The Morgan fingerprint density at radius 1 is 1.08 bits per heavy atom. The molecule has 2 rings (SSSR count). The van der Waals surface area contributed by atoms with Gasteiger partial charge in [-0.2, -0.15) is 0 Å². The molecule has 0 radical (unpaired) electrons. The van der Waals surface area contributed by atoms with E-state index in [9.17, 15) is 9.59 Å². The predicted molar refractivity (Wildman–Crippen MR) is 95.6 cm³/mol. The van der Waals surface area contributed by atoms with Gasteiger partial charge in [0.2, 0.25) is 5.91 Å². The molecule has 5 heteroatoms. The molecule has 0 saturated carbocycles. The molecule has 0 unspecified atom stereocenters. The van der Waals surface area contributed by atoms with Gasteiger partial charge in [0.15, 0.2) is 6.61 Å². The molecule has 1 N–H and O–H groups in total. The summed E-state index contributed by atoms with van der Waals surface area (Å²) in [4.78, 5) is 25.0. The Morgan fingerprint density at radius 3 is 2.50 bits per heavy atom. The molecule has 5 nitrogen and oxygen atoms in total. The highest BCUT2D eigenvalue weighted by molar-refractivity contribution is 5.94. The first-order valence-electron chi connectivity index (χ1n) is 7.71. The van der Waals surface area contributed by atoms with E-state index >= 15 is 0 Å². The van der Waals surface area contributed by atoms with Crippen LogP contribution in [0.25, 0.3) is 0 Å². The van der Waals surface area contributed by atoms with Crippen LogP contribution in [0.2, 0.25) is 0 Å². The molecule has 0 aliphatic heterocycles. The molecule has 0 aromatic heterocycles. The first-order valence-corrected chi connectivity index (χ1v) is 7.71. The van der Waals surface area contributed by atoms with Gasteiger partial charge in [-0.15, -0.1) is 0 Å². The van der Waals surface area contributed by atoms with Crippen LogP contribution in [0.4, 0.5) is 11.4 Å². The molecule has 2 amide bonds. The van der Waals surface area contributed by atoms with E-state index in [0.29, 0.717) is 11.4 Å². The number of amides is 2. The van der Waals surface area contributed by atoms with Crippen molar-refractivity contribution in [2.24, 2.45) is 0 Å². The summed E-state index contributed by atoms with van der Waals surface area (Å²) in [6.07, 6.45) is 0. The quantitative estimate of drug-likeness (QED) is 0.917. The van der Waals surface area contributed by atoms with E-state index in [-0.39, 0.29) is 18.4 Å². The third kappa shape index (κ3) is 4.59. The van der Waals surface area contributed by atoms with E-state index in [4.69, 9.17) is 4.74 Å². The molecule has 126 valence electrons. The Balaban J connectivity index is 1.96. The molecule has 2 aromatic rings. The summed E-state index contributed by atoms with van der Waals surface area (Å²) in [5.74, 6) is 0.339. The van der Waals surface area contributed by atoms with Gasteiger partial charge in [-0.3, -0.25) is 9.59 Å². The molecular weight excluding hydrogens is 304 g/mol. The molecule has 0 aliphatic carbocycles. The number of benzene rings is 2. The summed E-state index contributed by atoms with van der Waals surface area (Å²) in [5.41, 5.74) is 3.63. The average Bonchev–Trinajstić information content (AvgIpc) is 2.55. The van der Waals surface area contributed by atoms with Gasteiger partial charge in [0.05, 0.1) is 0 Å². The van der Waals surface area contributed by atoms with Crippen molar-refractivity contribution in [2.75, 3.05) is 23.9 Å². The topological polar surface area (TPSA) is 58.6 Å². The lowest BCUT2D eigenvalue weighted by atomic mass is 10.1. The van der Waals surface area contributed by atoms with Gasteiger partial charge < -0.3 is 15.0 Å². The number of anilines is 2. The van der Waals surface area contributed by atoms with Gasteiger partial charge >= 0.3 is 0 Å². The average molecular weight is 326 g/mol. The van der Waals surface area contributed by atoms with Crippen LogP contribution in [0.5, 0.6) is 5.75 Å². The number of rotatable bonds is 5. The maximum Gasteiger partial charge on any atom is 0.262 e. The normalized spacial score (nSPS) is 10.2. The second-order valence-electron chi connectivity index (χ2n) is 5.71. The fourth-order valence-electron chi connectivity index (χ4n) is 2.12. The number of nitrogens with one attached hydrogen (secondary N) is 1. The van der Waals surface area contributed by atoms with Gasteiger partial charge in [0.1, 0.15) is 5.75 Å². The predicted octanol–water partition coefficient (Wildman–Crippen LogP) is 3.30. The van der Waals surface area contributed by atoms with Crippen LogP contribution in [-0.4, -0.2) is 25.5 Å². The molecule has 0 aliphatic rings. The van der Waals surface area contributed by atoms with Crippen molar-refractivity contribution in [2.45, 2.75) is 20.8 Å². The first kappa shape index (κ1) is 17.5. The number of carbonyl (C=O) groups is 2. The van der Waals surface area contributed by atoms with Crippen LogP contribution < -0.4 is 15.0 Å². The largest absolute Gasteiger partial charge is 0.484 e. The number of carbonyl (C=O) groups excluding carboxylic acids is 2. The van der Waals surface area contributed by atoms with E-state index in [1.54, 1.807) is 25.2 Å². The minimum atomic E-state index is -0.254. The summed E-state index contributed by atoms with van der Waals surface area (Å²) >= 11 is 0. The van der Waals surface area contributed by atoms with Gasteiger partial charge in [-0.05, 0) is 55.3 Å². The standard InChI is InChI=1S/C19H22N2O3/c1-13-8-9-18(10-14(13)2)24-12-19(23)20-16-6-5-7-17(11-16)21(4)15(3)22/h5-11H,12H2,1-4H3,(H,20,23). The van der Waals surface area contributed by atoms with E-state index < -0.39 is 0 Å². The van der Waals surface area contributed by atoms with Crippen LogP contribution >= 0.6 is 0 Å². The van der Waals surface area contributed by atoms with Crippen LogP contribution in [0.3, 0.4) is 0 Å². The second-order valence-corrected chi connectivity index (χ2v) is 5.71. The Kier molecular flexibility index (Phi) is 5.58. The minimum absolute atomic E-state index is 0.0726. The molecule has 2 aromatic carbocycles. The van der Waals surface area contributed by atoms with Crippen molar-refractivity contribution >= 4 is 23.2 Å². The lowest BCUT2D eigenvalue weighted by molar-refractivity contribution is -0.118. The Morgan fingerprint density at radius 2 is 1.83 bits per heavy atom. The Labute approximate surface area is 142 Å². The summed E-state index contributed by atoms with van der Waals surface area (Å²) < 4.78 is 5.52. The monoisotopic (exact) mass is 326 g/mol. The van der Waals surface area contributed by atoms with Crippen molar-refractivity contribution in [3.63, 3.8) is 0 Å². The van der Waals surface area contributed by atoms with Crippen LogP contribution in [0.15, 0.2) is 42.5 Å². The summed E-state index contributed by atoms with van der Waals surface area (Å²) in [6, 6.07) is 12.8. The molecular formula is C19H22N2O3. The lowest BCUT2D eigenvalue weighted by Gasteiger charge is -2.16.